The van der Waals surface area contributed by atoms with Gasteiger partial charge in [-0.3, -0.25) is 9.59 Å². The van der Waals surface area contributed by atoms with Crippen LogP contribution < -0.4 is 9.47 Å². The first-order valence-corrected chi connectivity index (χ1v) is 12.4. The number of phenolic OH excluding ortho intramolecular Hbond substituents is 6. The second-order valence-electron chi connectivity index (χ2n) is 9.90. The van der Waals surface area contributed by atoms with Crippen LogP contribution in [0.1, 0.15) is 49.4 Å². The average Bonchev–Trinajstić information content (AvgIpc) is 3.15. The zero-order valence-corrected chi connectivity index (χ0v) is 21.0. The summed E-state index contributed by atoms with van der Waals surface area (Å²) in [6.45, 7) is 0. The van der Waals surface area contributed by atoms with Gasteiger partial charge in [0.05, 0.1) is 11.5 Å². The molecule has 2 heterocycles. The lowest BCUT2D eigenvalue weighted by Gasteiger charge is -2.34. The van der Waals surface area contributed by atoms with E-state index in [1.54, 1.807) is 0 Å². The number of hydrogen-bond acceptors (Lipinski definition) is 11. The Labute approximate surface area is 231 Å². The van der Waals surface area contributed by atoms with Crippen molar-refractivity contribution in [2.75, 3.05) is 0 Å². The lowest BCUT2D eigenvalue weighted by atomic mass is 9.79. The summed E-state index contributed by atoms with van der Waals surface area (Å²) in [6.07, 6.45) is -1.62. The molecule has 3 atom stereocenters. The fourth-order valence-corrected chi connectivity index (χ4v) is 5.32. The van der Waals surface area contributed by atoms with Crippen LogP contribution in [0.15, 0.2) is 66.7 Å². The Bertz CT molecular complexity index is 1730. The number of rotatable bonds is 4. The minimum atomic E-state index is -2.46. The predicted molar refractivity (Wildman–Crippen MR) is 140 cm³/mol. The van der Waals surface area contributed by atoms with Crippen LogP contribution in [0, 0.1) is 0 Å². The number of carbonyl (C=O) groups excluding carboxylic acids is 2. The normalized spacial score (nSPS) is 21.1. The Morgan fingerprint density at radius 2 is 1.34 bits per heavy atom. The molecular formula is C30H22O11. The number of fused-ring (bicyclic) bond motifs is 2. The molecule has 41 heavy (non-hydrogen) atoms. The van der Waals surface area contributed by atoms with Crippen molar-refractivity contribution in [2.24, 2.45) is 0 Å². The van der Waals surface area contributed by atoms with E-state index in [1.165, 1.54) is 48.5 Å². The van der Waals surface area contributed by atoms with E-state index in [0.29, 0.717) is 11.1 Å². The lowest BCUT2D eigenvalue weighted by Crippen LogP contribution is -2.42. The van der Waals surface area contributed by atoms with Crippen LogP contribution in [-0.2, 0) is 6.42 Å². The van der Waals surface area contributed by atoms with Crippen LogP contribution in [-0.4, -0.2) is 53.1 Å². The monoisotopic (exact) mass is 558 g/mol. The van der Waals surface area contributed by atoms with Gasteiger partial charge in [0, 0.05) is 24.6 Å². The zero-order valence-electron chi connectivity index (χ0n) is 21.0. The highest BCUT2D eigenvalue weighted by atomic mass is 16.6. The third-order valence-electron chi connectivity index (χ3n) is 7.21. The zero-order chi connectivity index (χ0) is 29.2. The molecule has 0 saturated heterocycles. The Hall–Kier alpha value is -5.42. The fourth-order valence-electron chi connectivity index (χ4n) is 5.32. The van der Waals surface area contributed by atoms with Crippen molar-refractivity contribution >= 4 is 11.6 Å². The van der Waals surface area contributed by atoms with Gasteiger partial charge in [-0.25, -0.2) is 0 Å². The molecule has 4 aromatic rings. The number of phenols is 6. The topological polar surface area (TPSA) is 194 Å². The number of hydrogen-bond donors (Lipinski definition) is 7. The number of benzene rings is 4. The molecular weight excluding hydrogens is 536 g/mol. The number of aliphatic hydroxyl groups is 1. The van der Waals surface area contributed by atoms with Crippen molar-refractivity contribution in [1.82, 2.24) is 0 Å². The largest absolute Gasteiger partial charge is 0.508 e. The molecule has 0 aromatic heterocycles. The highest BCUT2D eigenvalue weighted by Crippen LogP contribution is 2.55. The second kappa shape index (κ2) is 9.07. The Morgan fingerprint density at radius 1 is 0.707 bits per heavy atom. The highest BCUT2D eigenvalue weighted by molar-refractivity contribution is 6.11. The maximum Gasteiger partial charge on any atom is 0.277 e. The molecule has 6 rings (SSSR count). The van der Waals surface area contributed by atoms with E-state index in [-0.39, 0.29) is 40.7 Å². The van der Waals surface area contributed by atoms with Gasteiger partial charge in [0.15, 0.2) is 5.78 Å². The number of ether oxygens (including phenoxy) is 2. The summed E-state index contributed by atoms with van der Waals surface area (Å²) in [5, 5.41) is 73.3. The van der Waals surface area contributed by atoms with Crippen molar-refractivity contribution in [2.45, 2.75) is 24.2 Å². The van der Waals surface area contributed by atoms with Crippen LogP contribution in [0.25, 0.3) is 0 Å². The molecule has 2 aliphatic rings. The summed E-state index contributed by atoms with van der Waals surface area (Å²) in [5.41, 5.74) is -0.476. The molecule has 0 fully saturated rings. The van der Waals surface area contributed by atoms with E-state index in [2.05, 4.69) is 0 Å². The molecule has 0 radical (unpaired) electrons. The van der Waals surface area contributed by atoms with E-state index >= 15 is 0 Å². The predicted octanol–water partition coefficient (Wildman–Crippen LogP) is 3.53. The first-order valence-electron chi connectivity index (χ1n) is 12.4. The summed E-state index contributed by atoms with van der Waals surface area (Å²) in [6, 6.07) is 14.3. The van der Waals surface area contributed by atoms with E-state index in [9.17, 15) is 45.3 Å². The smallest absolute Gasteiger partial charge is 0.277 e. The minimum Gasteiger partial charge on any atom is -0.508 e. The summed E-state index contributed by atoms with van der Waals surface area (Å²) < 4.78 is 11.5. The maximum atomic E-state index is 13.9. The molecule has 0 aliphatic carbocycles. The van der Waals surface area contributed by atoms with Gasteiger partial charge in [0.1, 0.15) is 63.2 Å². The third-order valence-corrected chi connectivity index (χ3v) is 7.21. The van der Waals surface area contributed by atoms with E-state index < -0.39 is 57.8 Å². The number of ketones is 2. The summed E-state index contributed by atoms with van der Waals surface area (Å²) >= 11 is 0. The Balaban J connectivity index is 1.48. The average molecular weight is 558 g/mol. The molecule has 0 amide bonds. The van der Waals surface area contributed by atoms with Crippen LogP contribution in [0.4, 0.5) is 0 Å². The summed E-state index contributed by atoms with van der Waals surface area (Å²) in [4.78, 5) is 27.3. The summed E-state index contributed by atoms with van der Waals surface area (Å²) in [7, 11) is 0. The molecule has 0 saturated carbocycles. The maximum absolute atomic E-state index is 13.9. The van der Waals surface area contributed by atoms with E-state index in [4.69, 9.17) is 9.47 Å². The standard InChI is InChI=1S/C30H22O11/c31-15-5-1-13(2-6-15)12-30(39)29(38)24-21(41-30)11-19(35)23(27(24)37)25-26(36)22-18(34)9-17(33)10-20(22)40-28(25)14-3-7-16(32)8-4-14/h1-11,25,28,31-35,37,39H,12H2. The SMILES string of the molecule is O=C1c2c(O)cc(O)cc2OC(c2ccc(O)cc2)C1c1c(O)cc2c(c1O)C(=O)C(O)(Cc1ccc(O)cc1)O2. The quantitative estimate of drug-likeness (QED) is 0.194. The molecule has 11 heteroatoms. The van der Waals surface area contributed by atoms with Crippen molar-refractivity contribution in [3.8, 4) is 46.0 Å². The Kier molecular flexibility index (Phi) is 5.71. The summed E-state index contributed by atoms with van der Waals surface area (Å²) in [5.74, 6) is -8.91. The first-order chi connectivity index (χ1) is 19.5. The van der Waals surface area contributed by atoms with Gasteiger partial charge in [0.2, 0.25) is 5.78 Å². The third kappa shape index (κ3) is 4.10. The van der Waals surface area contributed by atoms with Gasteiger partial charge < -0.3 is 45.2 Å². The van der Waals surface area contributed by atoms with Crippen LogP contribution in [0.2, 0.25) is 0 Å². The number of Topliss-reactive ketones (excluding diaryl/α,β-unsaturated/α-hetero) is 2. The fraction of sp³-hybridized carbons (Fsp3) is 0.133. The molecule has 11 nitrogen and oxygen atoms in total. The van der Waals surface area contributed by atoms with E-state index in [1.807, 2.05) is 0 Å². The van der Waals surface area contributed by atoms with Gasteiger partial charge in [-0.15, -0.1) is 0 Å². The number of aromatic hydroxyl groups is 6. The first kappa shape index (κ1) is 25.8. The van der Waals surface area contributed by atoms with Gasteiger partial charge in [-0.1, -0.05) is 24.3 Å². The van der Waals surface area contributed by atoms with Gasteiger partial charge >= 0.3 is 0 Å². The van der Waals surface area contributed by atoms with Crippen molar-refractivity contribution in [3.05, 3.63) is 94.5 Å². The number of carbonyl (C=O) groups is 2. The molecule has 2 aliphatic heterocycles. The molecule has 208 valence electrons. The van der Waals surface area contributed by atoms with Crippen LogP contribution in [0.5, 0.6) is 46.0 Å². The van der Waals surface area contributed by atoms with E-state index in [0.717, 1.165) is 18.2 Å². The van der Waals surface area contributed by atoms with Gasteiger partial charge in [0.25, 0.3) is 5.79 Å². The van der Waals surface area contributed by atoms with Crippen molar-refractivity contribution in [3.63, 3.8) is 0 Å². The molecule has 3 unspecified atom stereocenters. The Morgan fingerprint density at radius 3 is 2.00 bits per heavy atom. The van der Waals surface area contributed by atoms with Crippen LogP contribution in [0.3, 0.4) is 0 Å². The van der Waals surface area contributed by atoms with Gasteiger partial charge in [-0.05, 0) is 35.4 Å². The molecule has 0 bridgehead atoms. The molecule has 0 spiro atoms. The van der Waals surface area contributed by atoms with Crippen molar-refractivity contribution < 1.29 is 54.8 Å². The minimum absolute atomic E-state index is 0.0275. The van der Waals surface area contributed by atoms with Gasteiger partial charge in [-0.2, -0.15) is 0 Å². The molecule has 4 aromatic carbocycles. The van der Waals surface area contributed by atoms with Crippen molar-refractivity contribution in [1.29, 1.82) is 0 Å². The highest BCUT2D eigenvalue weighted by Gasteiger charge is 2.51. The lowest BCUT2D eigenvalue weighted by molar-refractivity contribution is -0.0889. The van der Waals surface area contributed by atoms with Crippen LogP contribution >= 0.6 is 0 Å². The molecule has 7 N–H and O–H groups in total. The second-order valence-corrected chi connectivity index (χ2v) is 9.90.